The molecule has 0 spiro atoms. The van der Waals surface area contributed by atoms with Gasteiger partial charge in [-0.3, -0.25) is 4.90 Å². The predicted molar refractivity (Wildman–Crippen MR) is 86.7 cm³/mol. The molecule has 0 bridgehead atoms. The van der Waals surface area contributed by atoms with Crippen LogP contribution in [0.5, 0.6) is 0 Å². The number of nitrogens with two attached hydrogens (primary N) is 1. The minimum Gasteiger partial charge on any atom is -0.442 e. The molecule has 2 aromatic rings. The fourth-order valence-electron chi connectivity index (χ4n) is 2.41. The number of carbonyl (C=O) groups excluding carboxylic acids is 1. The molecule has 1 aromatic carbocycles. The first kappa shape index (κ1) is 17.9. The lowest BCUT2D eigenvalue weighted by Gasteiger charge is -2.15. The molecule has 3 N–H and O–H groups in total. The number of aryl methyl sites for hydroxylation is 1. The van der Waals surface area contributed by atoms with Crippen LogP contribution in [0.2, 0.25) is 0 Å². The van der Waals surface area contributed by atoms with Gasteiger partial charge in [0.05, 0.1) is 18.8 Å². The maximum atomic E-state index is 14.5. The number of cyclic esters (lactones) is 1. The van der Waals surface area contributed by atoms with Gasteiger partial charge >= 0.3 is 6.09 Å². The van der Waals surface area contributed by atoms with E-state index >= 15 is 0 Å². The second-order valence-corrected chi connectivity index (χ2v) is 5.83. The maximum absolute atomic E-state index is 14.5. The van der Waals surface area contributed by atoms with Gasteiger partial charge in [0.15, 0.2) is 22.6 Å². The van der Waals surface area contributed by atoms with E-state index in [1.165, 1.54) is 6.92 Å². The first-order chi connectivity index (χ1) is 12.3. The lowest BCUT2D eigenvalue weighted by Crippen LogP contribution is -2.37. The summed E-state index contributed by atoms with van der Waals surface area (Å²) in [6, 6.07) is 0.665. The van der Waals surface area contributed by atoms with Crippen LogP contribution in [0.15, 0.2) is 10.6 Å². The van der Waals surface area contributed by atoms with Gasteiger partial charge in [-0.2, -0.15) is 4.98 Å². The third-order valence-corrected chi connectivity index (χ3v) is 3.69. The minimum atomic E-state index is -1.55. The summed E-state index contributed by atoms with van der Waals surface area (Å²) in [5.74, 6) is -4.55. The van der Waals surface area contributed by atoms with E-state index in [4.69, 9.17) is 10.5 Å². The zero-order valence-electron chi connectivity index (χ0n) is 13.3. The molecule has 1 fully saturated rings. The highest BCUT2D eigenvalue weighted by Gasteiger charge is 2.36. The van der Waals surface area contributed by atoms with Crippen molar-refractivity contribution in [1.29, 1.82) is 0 Å². The summed E-state index contributed by atoms with van der Waals surface area (Å²) < 4.78 is 52.9. The van der Waals surface area contributed by atoms with Crippen molar-refractivity contribution in [3.8, 4) is 11.5 Å². The maximum Gasteiger partial charge on any atom is 0.414 e. The number of anilines is 1. The molecule has 0 radical (unpaired) electrons. The van der Waals surface area contributed by atoms with E-state index in [0.29, 0.717) is 6.07 Å². The first-order valence-electron chi connectivity index (χ1n) is 7.27. The zero-order valence-corrected chi connectivity index (χ0v) is 14.1. The Hall–Kier alpha value is -2.89. The molecule has 1 unspecified atom stereocenters. The summed E-state index contributed by atoms with van der Waals surface area (Å²) in [4.78, 5) is 16.4. The van der Waals surface area contributed by atoms with Crippen molar-refractivity contribution >= 4 is 29.1 Å². The summed E-state index contributed by atoms with van der Waals surface area (Å²) in [6.07, 6.45) is -1.69. The summed E-state index contributed by atoms with van der Waals surface area (Å²) >= 11 is 4.63. The molecule has 1 aromatic heterocycles. The molecular formula is C14H12F3N5O3S. The largest absolute Gasteiger partial charge is 0.442 e. The lowest BCUT2D eigenvalue weighted by atomic mass is 10.1. The monoisotopic (exact) mass is 387 g/mol. The van der Waals surface area contributed by atoms with E-state index in [2.05, 4.69) is 32.2 Å². The highest BCUT2D eigenvalue weighted by molar-refractivity contribution is 7.80. The standard InChI is InChI=1S/C14H12F3N5O3S/c1-5-20-12(25-21-5)9-7(15)2-8(10(16)11(9)17)22-4-6(24-14(22)23)3-19-13(18)26/h2,6H,3-4H2,1H3,(H3,18,19,26). The lowest BCUT2D eigenvalue weighted by molar-refractivity contribution is 0.143. The molecule has 1 aliphatic rings. The summed E-state index contributed by atoms with van der Waals surface area (Å²) in [5, 5.41) is 5.98. The number of nitrogens with zero attached hydrogens (tertiary/aromatic N) is 3. The normalized spacial score (nSPS) is 16.7. The Morgan fingerprint density at radius 3 is 2.81 bits per heavy atom. The Bertz CT molecular complexity index is 891. The van der Waals surface area contributed by atoms with Crippen molar-refractivity contribution < 1.29 is 27.2 Å². The summed E-state index contributed by atoms with van der Waals surface area (Å²) in [7, 11) is 0. The number of nitrogens with one attached hydrogen (secondary N) is 1. The number of carbonyl (C=O) groups is 1. The van der Waals surface area contributed by atoms with Gasteiger partial charge in [0, 0.05) is 6.07 Å². The Labute approximate surface area is 150 Å². The van der Waals surface area contributed by atoms with Gasteiger partial charge in [-0.15, -0.1) is 0 Å². The second kappa shape index (κ2) is 6.78. The third-order valence-electron chi connectivity index (χ3n) is 3.55. The van der Waals surface area contributed by atoms with Crippen LogP contribution >= 0.6 is 12.2 Å². The quantitative estimate of drug-likeness (QED) is 0.602. The van der Waals surface area contributed by atoms with Crippen LogP contribution < -0.4 is 16.0 Å². The molecule has 0 aliphatic carbocycles. The van der Waals surface area contributed by atoms with Crippen LogP contribution in [0.4, 0.5) is 23.7 Å². The molecule has 1 amide bonds. The fraction of sp³-hybridized carbons (Fsp3) is 0.286. The molecule has 1 aliphatic heterocycles. The van der Waals surface area contributed by atoms with Crippen molar-refractivity contribution in [2.45, 2.75) is 13.0 Å². The molecular weight excluding hydrogens is 375 g/mol. The zero-order chi connectivity index (χ0) is 19.0. The Morgan fingerprint density at radius 2 is 2.19 bits per heavy atom. The highest BCUT2D eigenvalue weighted by atomic mass is 32.1. The van der Waals surface area contributed by atoms with Crippen molar-refractivity contribution in [2.24, 2.45) is 5.73 Å². The second-order valence-electron chi connectivity index (χ2n) is 5.39. The van der Waals surface area contributed by atoms with Crippen molar-refractivity contribution in [3.05, 3.63) is 29.3 Å². The van der Waals surface area contributed by atoms with Crippen LogP contribution in [0, 0.1) is 24.4 Å². The van der Waals surface area contributed by atoms with E-state index in [1.807, 2.05) is 0 Å². The smallest absolute Gasteiger partial charge is 0.414 e. The molecule has 138 valence electrons. The molecule has 12 heteroatoms. The number of hydrogen-bond donors (Lipinski definition) is 2. The highest BCUT2D eigenvalue weighted by Crippen LogP contribution is 2.34. The van der Waals surface area contributed by atoms with Crippen LogP contribution in [-0.2, 0) is 4.74 Å². The number of ether oxygens (including phenoxy) is 1. The van der Waals surface area contributed by atoms with Gasteiger partial charge < -0.3 is 20.3 Å². The average Bonchev–Trinajstić information content (AvgIpc) is 3.15. The van der Waals surface area contributed by atoms with E-state index in [1.54, 1.807) is 0 Å². The SMILES string of the molecule is Cc1noc(-c2c(F)cc(N3CC(CNC(N)=S)OC3=O)c(F)c2F)n1. The number of hydrogen-bond acceptors (Lipinski definition) is 6. The van der Waals surface area contributed by atoms with Crippen LogP contribution in [0.25, 0.3) is 11.5 Å². The van der Waals surface area contributed by atoms with Crippen molar-refractivity contribution in [1.82, 2.24) is 15.5 Å². The van der Waals surface area contributed by atoms with E-state index in [9.17, 15) is 18.0 Å². The average molecular weight is 387 g/mol. The van der Waals surface area contributed by atoms with Gasteiger partial charge in [0.1, 0.15) is 17.5 Å². The summed E-state index contributed by atoms with van der Waals surface area (Å²) in [6.45, 7) is 1.36. The predicted octanol–water partition coefficient (Wildman–Crippen LogP) is 1.62. The van der Waals surface area contributed by atoms with E-state index in [-0.39, 0.29) is 24.0 Å². The number of thiocarbonyl (C=S) groups is 1. The van der Waals surface area contributed by atoms with E-state index in [0.717, 1.165) is 4.90 Å². The Morgan fingerprint density at radius 1 is 1.46 bits per heavy atom. The molecule has 26 heavy (non-hydrogen) atoms. The Kier molecular flexibility index (Phi) is 4.68. The fourth-order valence-corrected chi connectivity index (χ4v) is 2.50. The number of amides is 1. The number of aromatic nitrogens is 2. The molecule has 1 saturated heterocycles. The van der Waals surface area contributed by atoms with Gasteiger partial charge in [-0.25, -0.2) is 18.0 Å². The van der Waals surface area contributed by atoms with Crippen LogP contribution in [-0.4, -0.2) is 40.5 Å². The molecule has 2 heterocycles. The number of benzene rings is 1. The van der Waals surface area contributed by atoms with Gasteiger partial charge in [-0.05, 0) is 19.1 Å². The van der Waals surface area contributed by atoms with Gasteiger partial charge in [0.25, 0.3) is 5.89 Å². The number of halogens is 3. The van der Waals surface area contributed by atoms with Crippen molar-refractivity contribution in [3.63, 3.8) is 0 Å². The van der Waals surface area contributed by atoms with Crippen LogP contribution in [0.1, 0.15) is 5.82 Å². The third kappa shape index (κ3) is 3.27. The van der Waals surface area contributed by atoms with E-state index < -0.39 is 46.8 Å². The minimum absolute atomic E-state index is 0.0121. The first-order valence-corrected chi connectivity index (χ1v) is 7.68. The number of rotatable bonds is 4. The molecule has 0 saturated carbocycles. The molecule has 8 nitrogen and oxygen atoms in total. The molecule has 1 atom stereocenters. The van der Waals surface area contributed by atoms with Crippen molar-refractivity contribution in [2.75, 3.05) is 18.0 Å². The van der Waals surface area contributed by atoms with Gasteiger partial charge in [0.2, 0.25) is 0 Å². The summed E-state index contributed by atoms with van der Waals surface area (Å²) in [5.41, 5.74) is 3.85. The van der Waals surface area contributed by atoms with Crippen LogP contribution in [0.3, 0.4) is 0 Å². The molecule has 3 rings (SSSR count). The van der Waals surface area contributed by atoms with Gasteiger partial charge in [-0.1, -0.05) is 5.16 Å². The Balaban J connectivity index is 1.92. The topological polar surface area (TPSA) is 107 Å².